The number of nitro benzene ring substituents is 2. The van der Waals surface area contributed by atoms with Crippen molar-refractivity contribution in [1.29, 1.82) is 0 Å². The molecule has 0 saturated heterocycles. The molecule has 0 aliphatic carbocycles. The van der Waals surface area contributed by atoms with Crippen LogP contribution in [0.2, 0.25) is 0 Å². The molecule has 0 atom stereocenters. The van der Waals surface area contributed by atoms with E-state index in [9.17, 15) is 29.8 Å². The van der Waals surface area contributed by atoms with Gasteiger partial charge in [-0.15, -0.1) is 0 Å². The van der Waals surface area contributed by atoms with E-state index in [1.54, 1.807) is 36.4 Å². The lowest BCUT2D eigenvalue weighted by Crippen LogP contribution is -2.17. The molecule has 0 saturated carbocycles. The number of rotatable bonds is 8. The van der Waals surface area contributed by atoms with Gasteiger partial charge in [0.15, 0.2) is 0 Å². The number of carbonyl (C=O) groups is 2. The fraction of sp³-hybridized carbons (Fsp3) is 0. The fourth-order valence-electron chi connectivity index (χ4n) is 2.71. The first-order valence-electron chi connectivity index (χ1n) is 9.65. The van der Waals surface area contributed by atoms with E-state index >= 15 is 0 Å². The van der Waals surface area contributed by atoms with E-state index in [0.717, 1.165) is 24.4 Å². The van der Waals surface area contributed by atoms with E-state index in [1.165, 1.54) is 30.3 Å². The summed E-state index contributed by atoms with van der Waals surface area (Å²) >= 11 is 0. The van der Waals surface area contributed by atoms with Crippen LogP contribution in [-0.4, -0.2) is 27.9 Å². The van der Waals surface area contributed by atoms with E-state index in [1.807, 2.05) is 0 Å². The lowest BCUT2D eigenvalue weighted by molar-refractivity contribution is -0.385. The zero-order valence-corrected chi connectivity index (χ0v) is 17.4. The Bertz CT molecular complexity index is 1300. The number of esters is 1. The van der Waals surface area contributed by atoms with E-state index in [-0.39, 0.29) is 22.7 Å². The van der Waals surface area contributed by atoms with Crippen LogP contribution in [0, 0.1) is 20.2 Å². The normalized spacial score (nSPS) is 10.8. The molecule has 1 amide bonds. The van der Waals surface area contributed by atoms with Crippen LogP contribution in [0.15, 0.2) is 84.0 Å². The molecule has 0 aliphatic rings. The molecule has 170 valence electrons. The molecule has 3 aromatic carbocycles. The van der Waals surface area contributed by atoms with E-state index in [4.69, 9.17) is 4.74 Å². The Kier molecular flexibility index (Phi) is 7.53. The standard InChI is InChI=1S/C23H16N4O7/c28-22(12-9-16-5-4-8-19(13-16)26(30)31)34-21-11-10-20(27(32)33)14-18(21)15-24-25-23(29)17-6-2-1-3-7-17/h1-15H,(H,25,29)/b12-9+,24-15+. The second kappa shape index (κ2) is 10.9. The molecule has 3 aromatic rings. The highest BCUT2D eigenvalue weighted by molar-refractivity contribution is 5.95. The third kappa shape index (κ3) is 6.40. The summed E-state index contributed by atoms with van der Waals surface area (Å²) in [7, 11) is 0. The molecule has 0 spiro atoms. The molecule has 11 nitrogen and oxygen atoms in total. The minimum Gasteiger partial charge on any atom is -0.423 e. The van der Waals surface area contributed by atoms with Gasteiger partial charge < -0.3 is 4.74 Å². The third-order valence-electron chi connectivity index (χ3n) is 4.31. The predicted molar refractivity (Wildman–Crippen MR) is 122 cm³/mol. The summed E-state index contributed by atoms with van der Waals surface area (Å²) in [4.78, 5) is 45.1. The van der Waals surface area contributed by atoms with Crippen molar-refractivity contribution in [2.75, 3.05) is 0 Å². The molecule has 0 bridgehead atoms. The Morgan fingerprint density at radius 1 is 0.882 bits per heavy atom. The van der Waals surface area contributed by atoms with Crippen LogP contribution in [0.5, 0.6) is 5.75 Å². The van der Waals surface area contributed by atoms with Crippen LogP contribution >= 0.6 is 0 Å². The largest absolute Gasteiger partial charge is 0.423 e. The molecule has 3 rings (SSSR count). The molecule has 0 aromatic heterocycles. The van der Waals surface area contributed by atoms with Crippen LogP contribution in [0.4, 0.5) is 11.4 Å². The van der Waals surface area contributed by atoms with Crippen molar-refractivity contribution in [2.45, 2.75) is 0 Å². The molecular weight excluding hydrogens is 444 g/mol. The number of hydrazone groups is 1. The average Bonchev–Trinajstić information content (AvgIpc) is 2.84. The predicted octanol–water partition coefficient (Wildman–Crippen LogP) is 3.89. The van der Waals surface area contributed by atoms with Crippen LogP contribution in [-0.2, 0) is 4.79 Å². The third-order valence-corrected chi connectivity index (χ3v) is 4.31. The van der Waals surface area contributed by atoms with Gasteiger partial charge in [0.05, 0.1) is 16.1 Å². The summed E-state index contributed by atoms with van der Waals surface area (Å²) in [5.41, 5.74) is 2.71. The fourth-order valence-corrected chi connectivity index (χ4v) is 2.71. The second-order valence-corrected chi connectivity index (χ2v) is 6.65. The van der Waals surface area contributed by atoms with Gasteiger partial charge in [0.25, 0.3) is 17.3 Å². The summed E-state index contributed by atoms with van der Waals surface area (Å²) in [5, 5.41) is 25.8. The van der Waals surface area contributed by atoms with Gasteiger partial charge in [-0.3, -0.25) is 25.0 Å². The van der Waals surface area contributed by atoms with Crippen molar-refractivity contribution in [3.8, 4) is 5.75 Å². The van der Waals surface area contributed by atoms with Gasteiger partial charge in [-0.2, -0.15) is 5.10 Å². The lowest BCUT2D eigenvalue weighted by Gasteiger charge is -2.06. The van der Waals surface area contributed by atoms with E-state index < -0.39 is 21.7 Å². The number of nitro groups is 2. The van der Waals surface area contributed by atoms with Gasteiger partial charge in [0.1, 0.15) is 5.75 Å². The average molecular weight is 460 g/mol. The Hall–Kier alpha value is -5.19. The highest BCUT2D eigenvalue weighted by Crippen LogP contribution is 2.23. The smallest absolute Gasteiger partial charge is 0.336 e. The topological polar surface area (TPSA) is 154 Å². The van der Waals surface area contributed by atoms with Crippen LogP contribution in [0.3, 0.4) is 0 Å². The van der Waals surface area contributed by atoms with Gasteiger partial charge in [-0.1, -0.05) is 30.3 Å². The summed E-state index contributed by atoms with van der Waals surface area (Å²) in [6.45, 7) is 0. The maximum Gasteiger partial charge on any atom is 0.336 e. The molecule has 0 heterocycles. The summed E-state index contributed by atoms with van der Waals surface area (Å²) < 4.78 is 5.24. The SMILES string of the molecule is O=C(/C=C/c1cccc([N+](=O)[O-])c1)Oc1ccc([N+](=O)[O-])cc1/C=N/NC(=O)c1ccccc1. The number of hydrogen-bond acceptors (Lipinski definition) is 8. The summed E-state index contributed by atoms with van der Waals surface area (Å²) in [5.74, 6) is -1.37. The zero-order valence-electron chi connectivity index (χ0n) is 17.4. The minimum atomic E-state index is -0.830. The molecule has 0 radical (unpaired) electrons. The highest BCUT2D eigenvalue weighted by atomic mass is 16.6. The first kappa shape index (κ1) is 23.5. The molecular formula is C23H16N4O7. The number of hydrogen-bond donors (Lipinski definition) is 1. The van der Waals surface area contributed by atoms with Gasteiger partial charge in [0, 0.05) is 41.5 Å². The molecule has 0 aliphatic heterocycles. The Balaban J connectivity index is 1.76. The lowest BCUT2D eigenvalue weighted by atomic mass is 10.2. The minimum absolute atomic E-state index is 0.0444. The summed E-state index contributed by atoms with van der Waals surface area (Å²) in [6.07, 6.45) is 3.49. The number of nitrogens with zero attached hydrogens (tertiary/aromatic N) is 3. The number of ether oxygens (including phenoxy) is 1. The maximum atomic E-state index is 12.3. The van der Waals surface area contributed by atoms with E-state index in [2.05, 4.69) is 10.5 Å². The number of amides is 1. The van der Waals surface area contributed by atoms with Crippen molar-refractivity contribution >= 4 is 35.5 Å². The van der Waals surface area contributed by atoms with Gasteiger partial charge in [0.2, 0.25) is 0 Å². The number of carbonyl (C=O) groups excluding carboxylic acids is 2. The van der Waals surface area contributed by atoms with Crippen LogP contribution in [0.1, 0.15) is 21.5 Å². The Morgan fingerprint density at radius 3 is 2.29 bits per heavy atom. The van der Waals surface area contributed by atoms with Crippen molar-refractivity contribution in [3.63, 3.8) is 0 Å². The molecule has 0 fully saturated rings. The first-order valence-corrected chi connectivity index (χ1v) is 9.65. The van der Waals surface area contributed by atoms with Crippen molar-refractivity contribution in [1.82, 2.24) is 5.43 Å². The second-order valence-electron chi connectivity index (χ2n) is 6.65. The molecule has 0 unspecified atom stereocenters. The van der Waals surface area contributed by atoms with Gasteiger partial charge in [-0.05, 0) is 29.8 Å². The monoisotopic (exact) mass is 460 g/mol. The maximum absolute atomic E-state index is 12.3. The molecule has 11 heteroatoms. The Labute approximate surface area is 192 Å². The van der Waals surface area contributed by atoms with Gasteiger partial charge >= 0.3 is 5.97 Å². The number of nitrogens with one attached hydrogen (secondary N) is 1. The number of non-ortho nitro benzene ring substituents is 2. The van der Waals surface area contributed by atoms with Crippen LogP contribution < -0.4 is 10.2 Å². The Morgan fingerprint density at radius 2 is 1.59 bits per heavy atom. The van der Waals surface area contributed by atoms with Gasteiger partial charge in [-0.25, -0.2) is 10.2 Å². The first-order chi connectivity index (χ1) is 16.3. The van der Waals surface area contributed by atoms with Crippen molar-refractivity contribution in [2.24, 2.45) is 5.10 Å². The van der Waals surface area contributed by atoms with E-state index in [0.29, 0.717) is 11.1 Å². The van der Waals surface area contributed by atoms with Crippen LogP contribution in [0.25, 0.3) is 6.08 Å². The molecule has 34 heavy (non-hydrogen) atoms. The van der Waals surface area contributed by atoms with Crippen molar-refractivity contribution in [3.05, 3.63) is 116 Å². The summed E-state index contributed by atoms with van der Waals surface area (Å²) in [6, 6.07) is 17.4. The highest BCUT2D eigenvalue weighted by Gasteiger charge is 2.13. The molecule has 1 N–H and O–H groups in total. The quantitative estimate of drug-likeness (QED) is 0.134. The van der Waals surface area contributed by atoms with Crippen molar-refractivity contribution < 1.29 is 24.2 Å². The number of benzene rings is 3. The zero-order chi connectivity index (χ0) is 24.5.